The lowest BCUT2D eigenvalue weighted by Crippen LogP contribution is -2.27. The van der Waals surface area contributed by atoms with E-state index in [0.717, 1.165) is 41.7 Å². The first-order valence-electron chi connectivity index (χ1n) is 9.72. The number of carbonyl (C=O) groups excluding carboxylic acids is 1. The summed E-state index contributed by atoms with van der Waals surface area (Å²) in [6.07, 6.45) is 5.64. The number of fused-ring (bicyclic) bond motifs is 1. The van der Waals surface area contributed by atoms with Crippen molar-refractivity contribution >= 4 is 16.8 Å². The number of nitrogens with one attached hydrogen (secondary N) is 2. The van der Waals surface area contributed by atoms with Crippen molar-refractivity contribution in [3.63, 3.8) is 0 Å². The molecule has 0 saturated heterocycles. The lowest BCUT2D eigenvalue weighted by molar-refractivity contribution is -0.121. The van der Waals surface area contributed by atoms with Gasteiger partial charge in [0.2, 0.25) is 5.91 Å². The first-order valence-corrected chi connectivity index (χ1v) is 9.72. The predicted octanol–water partition coefficient (Wildman–Crippen LogP) is 4.54. The Balaban J connectivity index is 1.78. The van der Waals surface area contributed by atoms with Gasteiger partial charge in [0.25, 0.3) is 0 Å². The van der Waals surface area contributed by atoms with Crippen LogP contribution in [-0.4, -0.2) is 24.0 Å². The molecule has 1 saturated carbocycles. The zero-order valence-electron chi connectivity index (χ0n) is 15.9. The highest BCUT2D eigenvalue weighted by atomic mass is 16.5. The lowest BCUT2D eigenvalue weighted by Gasteiger charge is -2.20. The molecule has 0 aliphatic heterocycles. The highest BCUT2D eigenvalue weighted by Gasteiger charge is 2.28. The zero-order chi connectivity index (χ0) is 18.8. The number of benzene rings is 2. The molecule has 140 valence electrons. The van der Waals surface area contributed by atoms with Crippen LogP contribution < -0.4 is 10.1 Å². The number of H-pyrrole nitrogens is 1. The predicted molar refractivity (Wildman–Crippen MR) is 108 cm³/mol. The number of carbonyl (C=O) groups is 1. The van der Waals surface area contributed by atoms with E-state index < -0.39 is 0 Å². The number of aryl methyl sites for hydroxylation is 1. The van der Waals surface area contributed by atoms with Crippen molar-refractivity contribution in [3.8, 4) is 5.75 Å². The molecule has 1 aliphatic carbocycles. The number of rotatable bonds is 7. The number of amides is 1. The fourth-order valence-corrected chi connectivity index (χ4v) is 3.86. The molecule has 27 heavy (non-hydrogen) atoms. The fourth-order valence-electron chi connectivity index (χ4n) is 3.86. The van der Waals surface area contributed by atoms with Crippen LogP contribution >= 0.6 is 0 Å². The molecule has 2 N–H and O–H groups in total. The number of hydrogen-bond acceptors (Lipinski definition) is 2. The van der Waals surface area contributed by atoms with Crippen LogP contribution in [0.4, 0.5) is 0 Å². The summed E-state index contributed by atoms with van der Waals surface area (Å²) in [6, 6.07) is 14.8. The van der Waals surface area contributed by atoms with Crippen molar-refractivity contribution in [1.29, 1.82) is 0 Å². The fraction of sp³-hybridized carbons (Fsp3) is 0.348. The third kappa shape index (κ3) is 3.57. The molecule has 4 nitrogen and oxygen atoms in total. The van der Waals surface area contributed by atoms with Crippen LogP contribution in [0.25, 0.3) is 10.9 Å². The van der Waals surface area contributed by atoms with Crippen LogP contribution in [0.5, 0.6) is 5.75 Å². The van der Waals surface area contributed by atoms with Crippen LogP contribution in [0.1, 0.15) is 48.8 Å². The van der Waals surface area contributed by atoms with E-state index in [4.69, 9.17) is 4.74 Å². The summed E-state index contributed by atoms with van der Waals surface area (Å²) in [5.74, 6) is 0.873. The van der Waals surface area contributed by atoms with Gasteiger partial charge in [0.1, 0.15) is 5.75 Å². The summed E-state index contributed by atoms with van der Waals surface area (Å²) >= 11 is 0. The Bertz CT molecular complexity index is 956. The minimum atomic E-state index is -0.0549. The van der Waals surface area contributed by atoms with E-state index in [1.165, 1.54) is 10.9 Å². The van der Waals surface area contributed by atoms with Crippen molar-refractivity contribution in [1.82, 2.24) is 10.3 Å². The van der Waals surface area contributed by atoms with Crippen molar-refractivity contribution in [2.24, 2.45) is 0 Å². The van der Waals surface area contributed by atoms with Gasteiger partial charge in [-0.25, -0.2) is 0 Å². The maximum absolute atomic E-state index is 12.7. The van der Waals surface area contributed by atoms with E-state index in [2.05, 4.69) is 47.7 Å². The maximum atomic E-state index is 12.7. The van der Waals surface area contributed by atoms with Gasteiger partial charge in [0.05, 0.1) is 7.11 Å². The number of aromatic amines is 1. The van der Waals surface area contributed by atoms with Gasteiger partial charge in [-0.2, -0.15) is 0 Å². The Hall–Kier alpha value is -2.75. The topological polar surface area (TPSA) is 54.1 Å². The summed E-state index contributed by atoms with van der Waals surface area (Å²) in [5, 5.41) is 4.32. The van der Waals surface area contributed by atoms with Crippen LogP contribution in [0.3, 0.4) is 0 Å². The second kappa shape index (κ2) is 7.47. The number of hydrogen-bond donors (Lipinski definition) is 2. The van der Waals surface area contributed by atoms with E-state index in [1.807, 2.05) is 18.2 Å². The largest absolute Gasteiger partial charge is 0.496 e. The number of ether oxygens (including phenoxy) is 1. The molecule has 1 aliphatic rings. The van der Waals surface area contributed by atoms with Crippen molar-refractivity contribution < 1.29 is 9.53 Å². The van der Waals surface area contributed by atoms with Crippen molar-refractivity contribution in [3.05, 3.63) is 65.4 Å². The smallest absolute Gasteiger partial charge is 0.221 e. The molecule has 1 atom stereocenters. The quantitative estimate of drug-likeness (QED) is 0.648. The maximum Gasteiger partial charge on any atom is 0.221 e. The van der Waals surface area contributed by atoms with Crippen molar-refractivity contribution in [2.45, 2.75) is 44.6 Å². The van der Waals surface area contributed by atoms with Gasteiger partial charge in [-0.05, 0) is 36.5 Å². The molecule has 1 fully saturated rings. The standard InChI is InChI=1S/C23H26N2O2/c1-3-15-7-6-9-18-20(14-24-23(15)18)19(13-22(26)25-16-11-12-16)17-8-4-5-10-21(17)27-2/h4-10,14,16,19,24H,3,11-13H2,1-2H3,(H,25,26). The van der Waals surface area contributed by atoms with E-state index >= 15 is 0 Å². The number of aromatic nitrogens is 1. The third-order valence-electron chi connectivity index (χ3n) is 5.44. The molecular formula is C23H26N2O2. The van der Waals surface area contributed by atoms with Gasteiger partial charge in [-0.3, -0.25) is 4.79 Å². The minimum Gasteiger partial charge on any atom is -0.496 e. The van der Waals surface area contributed by atoms with E-state index in [9.17, 15) is 4.79 Å². The Morgan fingerprint density at radius 2 is 2.00 bits per heavy atom. The molecule has 0 bridgehead atoms. The molecule has 1 aromatic heterocycles. The molecule has 0 spiro atoms. The van der Waals surface area contributed by atoms with E-state index in [1.54, 1.807) is 7.11 Å². The summed E-state index contributed by atoms with van der Waals surface area (Å²) in [5.41, 5.74) is 4.65. The van der Waals surface area contributed by atoms with Crippen LogP contribution in [0.15, 0.2) is 48.7 Å². The second-order valence-electron chi connectivity index (χ2n) is 7.28. The molecule has 1 heterocycles. The van der Waals surface area contributed by atoms with Gasteiger partial charge < -0.3 is 15.0 Å². The SMILES string of the molecule is CCc1cccc2c(C(CC(=O)NC3CC3)c3ccccc3OC)c[nH]c12. The summed E-state index contributed by atoms with van der Waals surface area (Å²) in [4.78, 5) is 16.1. The van der Waals surface area contributed by atoms with Crippen LogP contribution in [0.2, 0.25) is 0 Å². The van der Waals surface area contributed by atoms with E-state index in [-0.39, 0.29) is 11.8 Å². The number of methoxy groups -OCH3 is 1. The van der Waals surface area contributed by atoms with Gasteiger partial charge in [0.15, 0.2) is 0 Å². The average Bonchev–Trinajstić information content (AvgIpc) is 3.41. The normalized spacial score (nSPS) is 14.9. The van der Waals surface area contributed by atoms with Gasteiger partial charge >= 0.3 is 0 Å². The molecule has 0 radical (unpaired) electrons. The highest BCUT2D eigenvalue weighted by molar-refractivity contribution is 5.88. The van der Waals surface area contributed by atoms with Gasteiger partial charge in [-0.1, -0.05) is 43.3 Å². The number of para-hydroxylation sites is 2. The van der Waals surface area contributed by atoms with Crippen LogP contribution in [0, 0.1) is 0 Å². The third-order valence-corrected chi connectivity index (χ3v) is 5.44. The highest BCUT2D eigenvalue weighted by Crippen LogP contribution is 2.38. The first-order chi connectivity index (χ1) is 13.2. The second-order valence-corrected chi connectivity index (χ2v) is 7.28. The Morgan fingerprint density at radius 3 is 2.74 bits per heavy atom. The molecule has 4 heteroatoms. The summed E-state index contributed by atoms with van der Waals surface area (Å²) in [7, 11) is 1.69. The lowest BCUT2D eigenvalue weighted by atomic mass is 9.87. The Morgan fingerprint density at radius 1 is 1.19 bits per heavy atom. The molecule has 2 aromatic carbocycles. The Kier molecular flexibility index (Phi) is 4.88. The Labute approximate surface area is 159 Å². The minimum absolute atomic E-state index is 0.0549. The van der Waals surface area contributed by atoms with E-state index in [0.29, 0.717) is 12.5 Å². The summed E-state index contributed by atoms with van der Waals surface area (Å²) < 4.78 is 5.61. The molecule has 1 unspecified atom stereocenters. The van der Waals surface area contributed by atoms with Gasteiger partial charge in [-0.15, -0.1) is 0 Å². The van der Waals surface area contributed by atoms with Crippen molar-refractivity contribution in [2.75, 3.05) is 7.11 Å². The van der Waals surface area contributed by atoms with Crippen LogP contribution in [-0.2, 0) is 11.2 Å². The molecule has 3 aromatic rings. The average molecular weight is 362 g/mol. The summed E-state index contributed by atoms with van der Waals surface area (Å²) in [6.45, 7) is 2.16. The zero-order valence-corrected chi connectivity index (χ0v) is 15.9. The monoisotopic (exact) mass is 362 g/mol. The molecular weight excluding hydrogens is 336 g/mol. The first kappa shape index (κ1) is 17.7. The molecule has 1 amide bonds. The molecule has 4 rings (SSSR count). The van der Waals surface area contributed by atoms with Gasteiger partial charge in [0, 0.05) is 41.0 Å².